The van der Waals surface area contributed by atoms with Crippen molar-refractivity contribution in [2.24, 2.45) is 4.99 Å². The average Bonchev–Trinajstić information content (AvgIpc) is 2.25. The largest absolute Gasteiger partial charge is 0.368 e. The van der Waals surface area contributed by atoms with Crippen LogP contribution in [0.5, 0.6) is 0 Å². The summed E-state index contributed by atoms with van der Waals surface area (Å²) in [6.07, 6.45) is -0.821. The molecule has 90 valence electrons. The molecule has 0 aromatic heterocycles. The Labute approximate surface area is 110 Å². The number of benzene rings is 1. The summed E-state index contributed by atoms with van der Waals surface area (Å²) in [6, 6.07) is 5.16. The maximum Gasteiger partial charge on any atom is 0.171 e. The molecule has 3 nitrogen and oxygen atoms in total. The monoisotopic (exact) mass is 270 g/mol. The number of aliphatic imine (C=N–C) groups is 1. The molecule has 0 radical (unpaired) electrons. The summed E-state index contributed by atoms with van der Waals surface area (Å²) in [5, 5.41) is 14.0. The van der Waals surface area contributed by atoms with Gasteiger partial charge in [-0.3, -0.25) is 0 Å². The minimum atomic E-state index is -0.821. The molecule has 1 aromatic rings. The Morgan fingerprint density at radius 3 is 2.59 bits per heavy atom. The standard InChI is InChI=1S/C12H12Cl2N2O/c1-6-7(2)15-11(16-12(6)17)9-4-3-8(13)5-10(9)14/h3-5,12,17H,1-2H3,(H,15,16). The van der Waals surface area contributed by atoms with Crippen molar-refractivity contribution < 1.29 is 5.11 Å². The zero-order valence-corrected chi connectivity index (χ0v) is 11.0. The van der Waals surface area contributed by atoms with Gasteiger partial charge in [0.25, 0.3) is 0 Å². The highest BCUT2D eigenvalue weighted by atomic mass is 35.5. The van der Waals surface area contributed by atoms with Gasteiger partial charge in [0, 0.05) is 16.3 Å². The molecule has 1 unspecified atom stereocenters. The first kappa shape index (κ1) is 12.4. The van der Waals surface area contributed by atoms with E-state index >= 15 is 0 Å². The van der Waals surface area contributed by atoms with Crippen LogP contribution in [0.15, 0.2) is 34.5 Å². The molecule has 5 heteroatoms. The van der Waals surface area contributed by atoms with E-state index in [1.54, 1.807) is 18.2 Å². The van der Waals surface area contributed by atoms with Gasteiger partial charge < -0.3 is 10.4 Å². The van der Waals surface area contributed by atoms with Gasteiger partial charge in [-0.05, 0) is 37.6 Å². The number of hydrogen-bond donors (Lipinski definition) is 2. The van der Waals surface area contributed by atoms with E-state index in [-0.39, 0.29) is 0 Å². The fraction of sp³-hybridized carbons (Fsp3) is 0.250. The molecule has 2 N–H and O–H groups in total. The van der Waals surface area contributed by atoms with Crippen LogP contribution in [0, 0.1) is 0 Å². The predicted molar refractivity (Wildman–Crippen MR) is 70.5 cm³/mol. The highest BCUT2D eigenvalue weighted by Crippen LogP contribution is 2.23. The summed E-state index contributed by atoms with van der Waals surface area (Å²) in [4.78, 5) is 4.15. The molecule has 2 rings (SSSR count). The second-order valence-corrected chi connectivity index (χ2v) is 4.75. The molecule has 0 aliphatic carbocycles. The van der Waals surface area contributed by atoms with Crippen molar-refractivity contribution >= 4 is 29.0 Å². The number of halogens is 2. The Morgan fingerprint density at radius 2 is 2.00 bits per heavy atom. The van der Waals surface area contributed by atoms with Crippen LogP contribution in [0.2, 0.25) is 10.0 Å². The third kappa shape index (κ3) is 2.46. The summed E-state index contributed by atoms with van der Waals surface area (Å²) in [7, 11) is 0. The molecular weight excluding hydrogens is 259 g/mol. The van der Waals surface area contributed by atoms with Crippen molar-refractivity contribution in [3.05, 3.63) is 45.1 Å². The van der Waals surface area contributed by atoms with E-state index in [4.69, 9.17) is 23.2 Å². The number of allylic oxidation sites excluding steroid dienone is 1. The van der Waals surface area contributed by atoms with E-state index in [0.29, 0.717) is 15.9 Å². The van der Waals surface area contributed by atoms with Crippen LogP contribution >= 0.6 is 23.2 Å². The Balaban J connectivity index is 2.40. The van der Waals surface area contributed by atoms with Crippen molar-refractivity contribution in [3.63, 3.8) is 0 Å². The van der Waals surface area contributed by atoms with Gasteiger partial charge >= 0.3 is 0 Å². The van der Waals surface area contributed by atoms with Crippen molar-refractivity contribution in [2.75, 3.05) is 0 Å². The molecule has 0 amide bonds. The zero-order valence-electron chi connectivity index (χ0n) is 9.46. The fourth-order valence-electron chi connectivity index (χ4n) is 1.54. The first-order chi connectivity index (χ1) is 7.99. The van der Waals surface area contributed by atoms with Crippen LogP contribution in [0.25, 0.3) is 0 Å². The number of aliphatic hydroxyl groups is 1. The molecular formula is C12H12Cl2N2O. The number of hydrogen-bond acceptors (Lipinski definition) is 3. The van der Waals surface area contributed by atoms with E-state index in [1.165, 1.54) is 0 Å². The molecule has 0 saturated heterocycles. The number of rotatable bonds is 1. The van der Waals surface area contributed by atoms with E-state index in [1.807, 2.05) is 13.8 Å². The van der Waals surface area contributed by atoms with Crippen LogP contribution in [-0.4, -0.2) is 17.2 Å². The fourth-order valence-corrected chi connectivity index (χ4v) is 2.04. The van der Waals surface area contributed by atoms with Crippen molar-refractivity contribution in [1.82, 2.24) is 5.32 Å². The number of nitrogens with zero attached hydrogens (tertiary/aromatic N) is 1. The summed E-state index contributed by atoms with van der Waals surface area (Å²) in [6.45, 7) is 3.72. The molecule has 17 heavy (non-hydrogen) atoms. The maximum atomic E-state index is 9.77. The summed E-state index contributed by atoms with van der Waals surface area (Å²) in [5.41, 5.74) is 2.41. The highest BCUT2D eigenvalue weighted by molar-refractivity contribution is 6.37. The molecule has 1 heterocycles. The summed E-state index contributed by atoms with van der Waals surface area (Å²) < 4.78 is 0. The first-order valence-electron chi connectivity index (χ1n) is 5.14. The number of nitrogens with one attached hydrogen (secondary N) is 1. The predicted octanol–water partition coefficient (Wildman–Crippen LogP) is 2.96. The van der Waals surface area contributed by atoms with Crippen LogP contribution in [0.1, 0.15) is 19.4 Å². The van der Waals surface area contributed by atoms with Crippen LogP contribution < -0.4 is 5.32 Å². The first-order valence-corrected chi connectivity index (χ1v) is 5.90. The van der Waals surface area contributed by atoms with Gasteiger partial charge in [-0.1, -0.05) is 23.2 Å². The van der Waals surface area contributed by atoms with Crippen molar-refractivity contribution in [2.45, 2.75) is 20.1 Å². The zero-order chi connectivity index (χ0) is 12.6. The Hall–Kier alpha value is -1.03. The second kappa shape index (κ2) is 4.69. The molecule has 0 fully saturated rings. The lowest BCUT2D eigenvalue weighted by Gasteiger charge is -2.22. The van der Waals surface area contributed by atoms with Gasteiger partial charge in [-0.15, -0.1) is 0 Å². The maximum absolute atomic E-state index is 9.77. The van der Waals surface area contributed by atoms with Crippen molar-refractivity contribution in [3.8, 4) is 0 Å². The Morgan fingerprint density at radius 1 is 1.29 bits per heavy atom. The molecule has 0 bridgehead atoms. The third-order valence-corrected chi connectivity index (χ3v) is 3.27. The van der Waals surface area contributed by atoms with Crippen LogP contribution in [-0.2, 0) is 0 Å². The van der Waals surface area contributed by atoms with E-state index in [9.17, 15) is 5.11 Å². The Kier molecular flexibility index (Phi) is 3.43. The molecule has 1 aliphatic heterocycles. The van der Waals surface area contributed by atoms with Gasteiger partial charge in [-0.2, -0.15) is 0 Å². The van der Waals surface area contributed by atoms with Gasteiger partial charge in [-0.25, -0.2) is 4.99 Å². The molecule has 1 atom stereocenters. The average molecular weight is 271 g/mol. The van der Waals surface area contributed by atoms with Crippen molar-refractivity contribution in [1.29, 1.82) is 0 Å². The topological polar surface area (TPSA) is 44.6 Å². The molecule has 1 aliphatic rings. The van der Waals surface area contributed by atoms with E-state index in [0.717, 1.165) is 16.8 Å². The molecule has 0 spiro atoms. The third-order valence-electron chi connectivity index (χ3n) is 2.72. The van der Waals surface area contributed by atoms with Crippen LogP contribution in [0.4, 0.5) is 0 Å². The minimum absolute atomic E-state index is 0.503. The molecule has 0 saturated carbocycles. The van der Waals surface area contributed by atoms with Gasteiger partial charge in [0.1, 0.15) is 5.84 Å². The quantitative estimate of drug-likeness (QED) is 0.824. The van der Waals surface area contributed by atoms with Gasteiger partial charge in [0.15, 0.2) is 6.23 Å². The normalized spacial score (nSPS) is 20.1. The molecule has 1 aromatic carbocycles. The lowest BCUT2D eigenvalue weighted by atomic mass is 10.1. The summed E-state index contributed by atoms with van der Waals surface area (Å²) in [5.74, 6) is 0.558. The lowest BCUT2D eigenvalue weighted by Crippen LogP contribution is -2.32. The van der Waals surface area contributed by atoms with Crippen LogP contribution in [0.3, 0.4) is 0 Å². The Bertz CT molecular complexity index is 523. The summed E-state index contributed by atoms with van der Waals surface area (Å²) >= 11 is 11.9. The number of amidine groups is 1. The highest BCUT2D eigenvalue weighted by Gasteiger charge is 2.19. The van der Waals surface area contributed by atoms with Gasteiger partial charge in [0.05, 0.1) is 5.02 Å². The van der Waals surface area contributed by atoms with Gasteiger partial charge in [0.2, 0.25) is 0 Å². The SMILES string of the molecule is CC1=C(C)C(O)N=C(c2ccc(Cl)cc2Cl)N1. The number of aliphatic hydroxyl groups excluding tert-OH is 1. The lowest BCUT2D eigenvalue weighted by molar-refractivity contribution is 0.217. The smallest absolute Gasteiger partial charge is 0.171 e. The minimum Gasteiger partial charge on any atom is -0.368 e. The van der Waals surface area contributed by atoms with E-state index in [2.05, 4.69) is 10.3 Å². The second-order valence-electron chi connectivity index (χ2n) is 3.91. The van der Waals surface area contributed by atoms with E-state index < -0.39 is 6.23 Å².